The first-order valence-corrected chi connectivity index (χ1v) is 5.83. The Morgan fingerprint density at radius 1 is 1.25 bits per heavy atom. The van der Waals surface area contributed by atoms with Crippen molar-refractivity contribution in [3.05, 3.63) is 18.2 Å². The summed E-state index contributed by atoms with van der Waals surface area (Å²) in [5.41, 5.74) is 0. The molecule has 0 saturated carbocycles. The molecule has 4 nitrogen and oxygen atoms in total. The summed E-state index contributed by atoms with van der Waals surface area (Å²) < 4.78 is 5.41. The molecule has 0 unspecified atom stereocenters. The molecule has 0 amide bonds. The van der Waals surface area contributed by atoms with Crippen molar-refractivity contribution in [1.29, 1.82) is 0 Å². The van der Waals surface area contributed by atoms with Gasteiger partial charge in [-0.3, -0.25) is 0 Å². The SMILES string of the molecule is CCOc1cccc(N2CCN(C)CC2)n1. The minimum Gasteiger partial charge on any atom is -0.478 e. The minimum atomic E-state index is 0.666. The van der Waals surface area contributed by atoms with E-state index in [9.17, 15) is 0 Å². The van der Waals surface area contributed by atoms with E-state index in [0.29, 0.717) is 6.61 Å². The first-order chi connectivity index (χ1) is 7.79. The van der Waals surface area contributed by atoms with Gasteiger partial charge in [0.25, 0.3) is 0 Å². The number of pyridine rings is 1. The molecule has 1 aromatic rings. The quantitative estimate of drug-likeness (QED) is 0.767. The molecule has 2 rings (SSSR count). The second-order valence-electron chi connectivity index (χ2n) is 4.06. The molecule has 1 aromatic heterocycles. The normalized spacial score (nSPS) is 17.5. The van der Waals surface area contributed by atoms with Gasteiger partial charge in [-0.15, -0.1) is 0 Å². The van der Waals surface area contributed by atoms with Gasteiger partial charge in [-0.05, 0) is 20.0 Å². The summed E-state index contributed by atoms with van der Waals surface area (Å²) in [7, 11) is 2.15. The molecular formula is C12H19N3O. The molecule has 0 N–H and O–H groups in total. The van der Waals surface area contributed by atoms with Gasteiger partial charge in [-0.25, -0.2) is 0 Å². The molecule has 1 saturated heterocycles. The van der Waals surface area contributed by atoms with Crippen LogP contribution >= 0.6 is 0 Å². The summed E-state index contributed by atoms with van der Waals surface area (Å²) in [5, 5.41) is 0. The number of hydrogen-bond donors (Lipinski definition) is 0. The first kappa shape index (κ1) is 11.2. The van der Waals surface area contributed by atoms with Crippen molar-refractivity contribution in [2.24, 2.45) is 0 Å². The number of hydrogen-bond acceptors (Lipinski definition) is 4. The zero-order valence-electron chi connectivity index (χ0n) is 10.0. The van der Waals surface area contributed by atoms with E-state index in [1.165, 1.54) is 0 Å². The Balaban J connectivity index is 2.05. The van der Waals surface area contributed by atoms with Gasteiger partial charge in [0.05, 0.1) is 6.61 Å². The third-order valence-electron chi connectivity index (χ3n) is 2.83. The lowest BCUT2D eigenvalue weighted by Gasteiger charge is -2.33. The summed E-state index contributed by atoms with van der Waals surface area (Å²) in [6.07, 6.45) is 0. The molecule has 0 atom stereocenters. The number of likely N-dealkylation sites (N-methyl/N-ethyl adjacent to an activating group) is 1. The van der Waals surface area contributed by atoms with E-state index in [4.69, 9.17) is 4.74 Å². The van der Waals surface area contributed by atoms with Crippen LogP contribution in [0.1, 0.15) is 6.92 Å². The van der Waals surface area contributed by atoms with E-state index in [1.807, 2.05) is 25.1 Å². The zero-order valence-corrected chi connectivity index (χ0v) is 10.0. The average Bonchev–Trinajstić information content (AvgIpc) is 2.31. The van der Waals surface area contributed by atoms with Crippen LogP contribution in [0.15, 0.2) is 18.2 Å². The summed E-state index contributed by atoms with van der Waals surface area (Å²) in [6.45, 7) is 6.92. The molecule has 16 heavy (non-hydrogen) atoms. The maximum Gasteiger partial charge on any atom is 0.215 e. The Kier molecular flexibility index (Phi) is 3.62. The summed E-state index contributed by atoms with van der Waals surface area (Å²) in [4.78, 5) is 9.14. The smallest absolute Gasteiger partial charge is 0.215 e. The number of rotatable bonds is 3. The van der Waals surface area contributed by atoms with Crippen LogP contribution < -0.4 is 9.64 Å². The van der Waals surface area contributed by atoms with Gasteiger partial charge < -0.3 is 14.5 Å². The van der Waals surface area contributed by atoms with Crippen molar-refractivity contribution in [2.75, 3.05) is 44.7 Å². The number of ether oxygens (including phenoxy) is 1. The van der Waals surface area contributed by atoms with E-state index in [0.717, 1.165) is 37.9 Å². The van der Waals surface area contributed by atoms with E-state index < -0.39 is 0 Å². The van der Waals surface area contributed by atoms with Crippen LogP contribution in [0.25, 0.3) is 0 Å². The van der Waals surface area contributed by atoms with E-state index in [2.05, 4.69) is 21.8 Å². The molecule has 0 radical (unpaired) electrons. The Hall–Kier alpha value is -1.29. The average molecular weight is 221 g/mol. The highest BCUT2D eigenvalue weighted by Gasteiger charge is 2.15. The second kappa shape index (κ2) is 5.16. The lowest BCUT2D eigenvalue weighted by atomic mass is 10.3. The first-order valence-electron chi connectivity index (χ1n) is 5.83. The van der Waals surface area contributed by atoms with Crippen molar-refractivity contribution in [3.63, 3.8) is 0 Å². The maximum absolute atomic E-state index is 5.41. The Bertz CT molecular complexity index is 335. The van der Waals surface area contributed by atoms with Crippen LogP contribution in [-0.4, -0.2) is 49.7 Å². The number of nitrogens with zero attached hydrogens (tertiary/aromatic N) is 3. The topological polar surface area (TPSA) is 28.6 Å². The van der Waals surface area contributed by atoms with Crippen LogP contribution in [0.5, 0.6) is 5.88 Å². The summed E-state index contributed by atoms with van der Waals surface area (Å²) >= 11 is 0. The van der Waals surface area contributed by atoms with Crippen LogP contribution in [0.2, 0.25) is 0 Å². The van der Waals surface area contributed by atoms with Gasteiger partial charge in [0.2, 0.25) is 5.88 Å². The summed E-state index contributed by atoms with van der Waals surface area (Å²) in [6, 6.07) is 5.96. The molecule has 0 aromatic carbocycles. The standard InChI is InChI=1S/C12H19N3O/c1-3-16-12-6-4-5-11(13-12)15-9-7-14(2)8-10-15/h4-6H,3,7-10H2,1-2H3. The molecule has 88 valence electrons. The molecule has 1 fully saturated rings. The maximum atomic E-state index is 5.41. The third-order valence-corrected chi connectivity index (χ3v) is 2.83. The Morgan fingerprint density at radius 3 is 2.69 bits per heavy atom. The zero-order chi connectivity index (χ0) is 11.4. The molecule has 2 heterocycles. The minimum absolute atomic E-state index is 0.666. The van der Waals surface area contributed by atoms with Gasteiger partial charge in [-0.2, -0.15) is 4.98 Å². The number of aromatic nitrogens is 1. The van der Waals surface area contributed by atoms with E-state index >= 15 is 0 Å². The monoisotopic (exact) mass is 221 g/mol. The van der Waals surface area contributed by atoms with Crippen molar-refractivity contribution in [1.82, 2.24) is 9.88 Å². The highest BCUT2D eigenvalue weighted by molar-refractivity contribution is 5.41. The van der Waals surface area contributed by atoms with Crippen LogP contribution in [0.4, 0.5) is 5.82 Å². The molecule has 1 aliphatic heterocycles. The van der Waals surface area contributed by atoms with Gasteiger partial charge >= 0.3 is 0 Å². The fraction of sp³-hybridized carbons (Fsp3) is 0.583. The predicted octanol–water partition coefficient (Wildman–Crippen LogP) is 1.23. The van der Waals surface area contributed by atoms with E-state index in [-0.39, 0.29) is 0 Å². The second-order valence-corrected chi connectivity index (χ2v) is 4.06. The largest absolute Gasteiger partial charge is 0.478 e. The van der Waals surface area contributed by atoms with Gasteiger partial charge in [0.1, 0.15) is 5.82 Å². The number of piperazine rings is 1. The van der Waals surface area contributed by atoms with Gasteiger partial charge in [0.15, 0.2) is 0 Å². The Labute approximate surface area is 96.8 Å². The van der Waals surface area contributed by atoms with Crippen molar-refractivity contribution < 1.29 is 4.74 Å². The fourth-order valence-corrected chi connectivity index (χ4v) is 1.84. The molecular weight excluding hydrogens is 202 g/mol. The molecule has 0 aliphatic carbocycles. The number of anilines is 1. The van der Waals surface area contributed by atoms with Crippen molar-refractivity contribution >= 4 is 5.82 Å². The molecule has 0 bridgehead atoms. The van der Waals surface area contributed by atoms with Crippen LogP contribution in [0, 0.1) is 0 Å². The van der Waals surface area contributed by atoms with Gasteiger partial charge in [0, 0.05) is 32.2 Å². The lowest BCUT2D eigenvalue weighted by molar-refractivity contribution is 0.309. The Morgan fingerprint density at radius 2 is 2.00 bits per heavy atom. The molecule has 0 spiro atoms. The summed E-state index contributed by atoms with van der Waals surface area (Å²) in [5.74, 6) is 1.75. The lowest BCUT2D eigenvalue weighted by Crippen LogP contribution is -2.44. The van der Waals surface area contributed by atoms with E-state index in [1.54, 1.807) is 0 Å². The van der Waals surface area contributed by atoms with Gasteiger partial charge in [-0.1, -0.05) is 6.07 Å². The van der Waals surface area contributed by atoms with Crippen molar-refractivity contribution in [2.45, 2.75) is 6.92 Å². The predicted molar refractivity (Wildman–Crippen MR) is 65.1 cm³/mol. The molecule has 4 heteroatoms. The van der Waals surface area contributed by atoms with Crippen LogP contribution in [0.3, 0.4) is 0 Å². The fourth-order valence-electron chi connectivity index (χ4n) is 1.84. The highest BCUT2D eigenvalue weighted by Crippen LogP contribution is 2.17. The van der Waals surface area contributed by atoms with Crippen molar-refractivity contribution in [3.8, 4) is 5.88 Å². The van der Waals surface area contributed by atoms with Crippen LogP contribution in [-0.2, 0) is 0 Å². The third kappa shape index (κ3) is 2.64. The highest BCUT2D eigenvalue weighted by atomic mass is 16.5. The molecule has 1 aliphatic rings.